The predicted molar refractivity (Wildman–Crippen MR) is 91.4 cm³/mol. The van der Waals surface area contributed by atoms with Crippen molar-refractivity contribution in [2.45, 2.75) is 45.1 Å². The molecule has 1 atom stereocenters. The lowest BCUT2D eigenvalue weighted by molar-refractivity contribution is 0.0910. The molecule has 2 aromatic rings. The maximum absolute atomic E-state index is 12.6. The average Bonchev–Trinajstić information content (AvgIpc) is 3.22. The van der Waals surface area contributed by atoms with Gasteiger partial charge in [0.15, 0.2) is 10.8 Å². The van der Waals surface area contributed by atoms with Gasteiger partial charge in [0.2, 0.25) is 0 Å². The third kappa shape index (κ3) is 3.64. The summed E-state index contributed by atoms with van der Waals surface area (Å²) in [6.45, 7) is 2.39. The molecule has 1 aliphatic carbocycles. The highest BCUT2D eigenvalue weighted by Crippen LogP contribution is 2.29. The van der Waals surface area contributed by atoms with Gasteiger partial charge in [-0.05, 0) is 37.8 Å². The number of amides is 1. The summed E-state index contributed by atoms with van der Waals surface area (Å²) in [5.41, 5.74) is 6.38. The summed E-state index contributed by atoms with van der Waals surface area (Å²) in [5, 5.41) is 3.84. The van der Waals surface area contributed by atoms with Gasteiger partial charge in [0.1, 0.15) is 5.69 Å². The molecule has 1 fully saturated rings. The van der Waals surface area contributed by atoms with Gasteiger partial charge in [0, 0.05) is 17.5 Å². The number of aryl methyl sites for hydroxylation is 1. The lowest BCUT2D eigenvalue weighted by atomic mass is 9.84. The number of furan rings is 1. The Balaban J connectivity index is 1.72. The van der Waals surface area contributed by atoms with E-state index in [1.54, 1.807) is 6.26 Å². The number of thiazole rings is 1. The Labute approximate surface area is 140 Å². The molecular formula is C17H23N3O2S. The average molecular weight is 333 g/mol. The molecule has 124 valence electrons. The Morgan fingerprint density at radius 1 is 1.48 bits per heavy atom. The van der Waals surface area contributed by atoms with E-state index in [4.69, 9.17) is 10.2 Å². The van der Waals surface area contributed by atoms with Crippen LogP contribution in [0.25, 0.3) is 10.8 Å². The molecule has 1 saturated carbocycles. The van der Waals surface area contributed by atoms with Crippen LogP contribution >= 0.6 is 11.3 Å². The predicted octanol–water partition coefficient (Wildman–Crippen LogP) is 3.35. The molecule has 3 N–H and O–H groups in total. The number of rotatable bonds is 5. The molecular weight excluding hydrogens is 310 g/mol. The zero-order valence-corrected chi connectivity index (χ0v) is 14.2. The lowest BCUT2D eigenvalue weighted by Crippen LogP contribution is -2.46. The second kappa shape index (κ2) is 7.27. The Bertz CT molecular complexity index is 645. The SMILES string of the molecule is Cc1sc(-c2ccco2)nc1C(=O)NC(CN)C1CCCCC1. The summed E-state index contributed by atoms with van der Waals surface area (Å²) in [6, 6.07) is 3.71. The van der Waals surface area contributed by atoms with Gasteiger partial charge in [0.05, 0.1) is 6.26 Å². The second-order valence-corrected chi connectivity index (χ2v) is 7.32. The van der Waals surface area contributed by atoms with Crippen LogP contribution in [0, 0.1) is 12.8 Å². The molecule has 0 radical (unpaired) electrons. The minimum absolute atomic E-state index is 0.0379. The Morgan fingerprint density at radius 2 is 2.26 bits per heavy atom. The van der Waals surface area contributed by atoms with Crippen LogP contribution in [0.2, 0.25) is 0 Å². The van der Waals surface area contributed by atoms with Crippen LogP contribution in [-0.4, -0.2) is 23.5 Å². The summed E-state index contributed by atoms with van der Waals surface area (Å²) < 4.78 is 5.36. The monoisotopic (exact) mass is 333 g/mol. The maximum atomic E-state index is 12.6. The van der Waals surface area contributed by atoms with Crippen molar-refractivity contribution >= 4 is 17.2 Å². The van der Waals surface area contributed by atoms with E-state index < -0.39 is 0 Å². The first kappa shape index (κ1) is 16.2. The van der Waals surface area contributed by atoms with Gasteiger partial charge in [-0.25, -0.2) is 4.98 Å². The number of aromatic nitrogens is 1. The van der Waals surface area contributed by atoms with E-state index in [1.807, 2.05) is 19.1 Å². The van der Waals surface area contributed by atoms with Crippen molar-refractivity contribution < 1.29 is 9.21 Å². The summed E-state index contributed by atoms with van der Waals surface area (Å²) in [5.74, 6) is 1.05. The van der Waals surface area contributed by atoms with E-state index in [0.29, 0.717) is 23.9 Å². The standard InChI is InChI=1S/C17H23N3O2S/c1-11-15(20-17(23-11)14-8-5-9-22-14)16(21)19-13(10-18)12-6-3-2-4-7-12/h5,8-9,12-13H,2-4,6-7,10,18H2,1H3,(H,19,21). The number of carbonyl (C=O) groups is 1. The van der Waals surface area contributed by atoms with Crippen LogP contribution in [0.3, 0.4) is 0 Å². The molecule has 3 rings (SSSR count). The largest absolute Gasteiger partial charge is 0.462 e. The quantitative estimate of drug-likeness (QED) is 0.879. The molecule has 0 bridgehead atoms. The van der Waals surface area contributed by atoms with Crippen molar-refractivity contribution in [2.24, 2.45) is 11.7 Å². The summed E-state index contributed by atoms with van der Waals surface area (Å²) in [7, 11) is 0. The molecule has 0 aliphatic heterocycles. The molecule has 2 aromatic heterocycles. The van der Waals surface area contributed by atoms with Gasteiger partial charge in [-0.3, -0.25) is 4.79 Å². The fourth-order valence-electron chi connectivity index (χ4n) is 3.26. The van der Waals surface area contributed by atoms with Crippen LogP contribution in [0.15, 0.2) is 22.8 Å². The molecule has 5 nitrogen and oxygen atoms in total. The zero-order chi connectivity index (χ0) is 16.2. The smallest absolute Gasteiger partial charge is 0.271 e. The van der Waals surface area contributed by atoms with E-state index in [0.717, 1.165) is 22.7 Å². The third-order valence-electron chi connectivity index (χ3n) is 4.53. The first-order chi connectivity index (χ1) is 11.2. The van der Waals surface area contributed by atoms with Gasteiger partial charge in [-0.2, -0.15) is 0 Å². The Morgan fingerprint density at radius 3 is 2.91 bits per heavy atom. The molecule has 6 heteroatoms. The summed E-state index contributed by atoms with van der Waals surface area (Å²) in [6.07, 6.45) is 7.66. The molecule has 1 aliphatic rings. The van der Waals surface area contributed by atoms with Crippen LogP contribution < -0.4 is 11.1 Å². The lowest BCUT2D eigenvalue weighted by Gasteiger charge is -2.29. The number of hydrogen-bond acceptors (Lipinski definition) is 5. The molecule has 0 saturated heterocycles. The van der Waals surface area contributed by atoms with Gasteiger partial charge >= 0.3 is 0 Å². The fourth-order valence-corrected chi connectivity index (χ4v) is 4.13. The second-order valence-electron chi connectivity index (χ2n) is 6.11. The van der Waals surface area contributed by atoms with Crippen molar-refractivity contribution in [3.05, 3.63) is 29.0 Å². The Kier molecular flexibility index (Phi) is 5.13. The van der Waals surface area contributed by atoms with Crippen molar-refractivity contribution in [3.8, 4) is 10.8 Å². The molecule has 1 amide bonds. The van der Waals surface area contributed by atoms with Gasteiger partial charge < -0.3 is 15.5 Å². The fraction of sp³-hybridized carbons (Fsp3) is 0.529. The van der Waals surface area contributed by atoms with Crippen molar-refractivity contribution in [1.82, 2.24) is 10.3 Å². The van der Waals surface area contributed by atoms with Gasteiger partial charge in [-0.1, -0.05) is 19.3 Å². The van der Waals surface area contributed by atoms with Crippen LogP contribution in [-0.2, 0) is 0 Å². The molecule has 0 spiro atoms. The zero-order valence-electron chi connectivity index (χ0n) is 13.4. The van der Waals surface area contributed by atoms with Gasteiger partial charge in [0.25, 0.3) is 5.91 Å². The highest BCUT2D eigenvalue weighted by atomic mass is 32.1. The molecule has 0 aromatic carbocycles. The van der Waals surface area contributed by atoms with E-state index >= 15 is 0 Å². The van der Waals surface area contributed by atoms with Crippen LogP contribution in [0.1, 0.15) is 47.5 Å². The third-order valence-corrected chi connectivity index (χ3v) is 5.52. The van der Waals surface area contributed by atoms with Gasteiger partial charge in [-0.15, -0.1) is 11.3 Å². The van der Waals surface area contributed by atoms with Crippen molar-refractivity contribution in [3.63, 3.8) is 0 Å². The Hall–Kier alpha value is -1.66. The molecule has 2 heterocycles. The number of nitrogens with zero attached hydrogens (tertiary/aromatic N) is 1. The highest BCUT2D eigenvalue weighted by molar-refractivity contribution is 7.15. The van der Waals surface area contributed by atoms with E-state index in [1.165, 1.54) is 30.6 Å². The summed E-state index contributed by atoms with van der Waals surface area (Å²) >= 11 is 1.47. The number of carbonyl (C=O) groups excluding carboxylic acids is 1. The van der Waals surface area contributed by atoms with Crippen LogP contribution in [0.4, 0.5) is 0 Å². The molecule has 23 heavy (non-hydrogen) atoms. The van der Waals surface area contributed by atoms with Crippen LogP contribution in [0.5, 0.6) is 0 Å². The number of hydrogen-bond donors (Lipinski definition) is 2. The number of nitrogens with one attached hydrogen (secondary N) is 1. The summed E-state index contributed by atoms with van der Waals surface area (Å²) in [4.78, 5) is 18.0. The topological polar surface area (TPSA) is 81.2 Å². The first-order valence-electron chi connectivity index (χ1n) is 8.21. The van der Waals surface area contributed by atoms with E-state index in [9.17, 15) is 4.79 Å². The maximum Gasteiger partial charge on any atom is 0.271 e. The van der Waals surface area contributed by atoms with E-state index in [2.05, 4.69) is 10.3 Å². The van der Waals surface area contributed by atoms with Crippen molar-refractivity contribution in [2.75, 3.05) is 6.54 Å². The minimum Gasteiger partial charge on any atom is -0.462 e. The van der Waals surface area contributed by atoms with Crippen molar-refractivity contribution in [1.29, 1.82) is 0 Å². The van der Waals surface area contributed by atoms with E-state index in [-0.39, 0.29) is 11.9 Å². The first-order valence-corrected chi connectivity index (χ1v) is 9.03. The highest BCUT2D eigenvalue weighted by Gasteiger charge is 2.26. The normalized spacial score (nSPS) is 17.1. The minimum atomic E-state index is -0.127. The molecule has 1 unspecified atom stereocenters. The number of nitrogens with two attached hydrogens (primary N) is 1.